The predicted molar refractivity (Wildman–Crippen MR) is 47.6 cm³/mol. The molecule has 1 rings (SSSR count). The number of carbonyl (C=O) groups excluding carboxylic acids is 1. The van der Waals surface area contributed by atoms with Gasteiger partial charge in [-0.25, -0.2) is 12.8 Å². The van der Waals surface area contributed by atoms with Crippen LogP contribution < -0.4 is 0 Å². The van der Waals surface area contributed by atoms with E-state index in [9.17, 15) is 9.00 Å². The molecule has 0 aromatic carbocycles. The third-order valence-electron chi connectivity index (χ3n) is 1.85. The van der Waals surface area contributed by atoms with Crippen LogP contribution in [0.2, 0.25) is 0 Å². The molecular weight excluding hydrogens is 176 g/mol. The van der Waals surface area contributed by atoms with Gasteiger partial charge in [0.2, 0.25) is 0 Å². The first-order valence-electron chi connectivity index (χ1n) is 4.04. The second-order valence-electron chi connectivity index (χ2n) is 3.02. The summed E-state index contributed by atoms with van der Waals surface area (Å²) in [6, 6.07) is 0.280. The van der Waals surface area contributed by atoms with Crippen LogP contribution in [0.25, 0.3) is 0 Å². The van der Waals surface area contributed by atoms with Crippen molar-refractivity contribution in [3.63, 3.8) is 0 Å². The summed E-state index contributed by atoms with van der Waals surface area (Å²) in [6.45, 7) is 5.79. The van der Waals surface area contributed by atoms with Crippen LogP contribution >= 0.6 is 0 Å². The van der Waals surface area contributed by atoms with Gasteiger partial charge in [-0.15, -0.1) is 0 Å². The van der Waals surface area contributed by atoms with E-state index >= 15 is 0 Å². The van der Waals surface area contributed by atoms with E-state index in [0.29, 0.717) is 0 Å². The van der Waals surface area contributed by atoms with Gasteiger partial charge < -0.3 is 4.79 Å². The van der Waals surface area contributed by atoms with Gasteiger partial charge in [0.15, 0.2) is 11.2 Å². The number of nitrogens with zero attached hydrogens (tertiary/aromatic N) is 2. The van der Waals surface area contributed by atoms with E-state index in [1.165, 1.54) is 0 Å². The quantitative estimate of drug-likeness (QED) is 0.578. The molecule has 4 nitrogen and oxygen atoms in total. The lowest BCUT2D eigenvalue weighted by molar-refractivity contribution is -0.107. The van der Waals surface area contributed by atoms with Gasteiger partial charge in [0.25, 0.3) is 0 Å². The van der Waals surface area contributed by atoms with Gasteiger partial charge in [-0.05, 0) is 13.8 Å². The van der Waals surface area contributed by atoms with Crippen LogP contribution in [-0.4, -0.2) is 44.8 Å². The number of aldehydes is 1. The average molecular weight is 190 g/mol. The summed E-state index contributed by atoms with van der Waals surface area (Å²) in [5.74, 6) is 0. The largest absolute Gasteiger partial charge is 0.302 e. The van der Waals surface area contributed by atoms with Crippen molar-refractivity contribution in [2.75, 3.05) is 19.6 Å². The molecule has 0 bridgehead atoms. The minimum absolute atomic E-state index is 0.274. The fourth-order valence-electron chi connectivity index (χ4n) is 1.19. The Balaban J connectivity index is 2.54. The highest BCUT2D eigenvalue weighted by atomic mass is 32.2. The Morgan fingerprint density at radius 2 is 2.17 bits per heavy atom. The van der Waals surface area contributed by atoms with Crippen LogP contribution in [0, 0.1) is 0 Å². The molecule has 1 unspecified atom stereocenters. The van der Waals surface area contributed by atoms with E-state index in [0.717, 1.165) is 19.4 Å². The van der Waals surface area contributed by atoms with Crippen molar-refractivity contribution in [1.82, 2.24) is 8.61 Å². The van der Waals surface area contributed by atoms with Crippen LogP contribution in [0.1, 0.15) is 13.8 Å². The zero-order valence-electron chi connectivity index (χ0n) is 7.40. The first kappa shape index (κ1) is 9.83. The molecule has 1 atom stereocenters. The Morgan fingerprint density at radius 3 is 2.58 bits per heavy atom. The van der Waals surface area contributed by atoms with Gasteiger partial charge in [-0.1, -0.05) is 0 Å². The van der Waals surface area contributed by atoms with E-state index < -0.39 is 11.2 Å². The van der Waals surface area contributed by atoms with Gasteiger partial charge >= 0.3 is 0 Å². The lowest BCUT2D eigenvalue weighted by Gasteiger charge is -2.18. The monoisotopic (exact) mass is 190 g/mol. The highest BCUT2D eigenvalue weighted by molar-refractivity contribution is 7.80. The summed E-state index contributed by atoms with van der Waals surface area (Å²) in [5.41, 5.74) is 0. The van der Waals surface area contributed by atoms with Gasteiger partial charge in [-0.2, -0.15) is 0 Å². The molecule has 1 saturated heterocycles. The summed E-state index contributed by atoms with van der Waals surface area (Å²) in [5, 5.41) is 0. The predicted octanol–water partition coefficient (Wildman–Crippen LogP) is -0.210. The number of rotatable bonds is 3. The second-order valence-corrected chi connectivity index (χ2v) is 4.47. The van der Waals surface area contributed by atoms with Crippen molar-refractivity contribution in [3.8, 4) is 0 Å². The number of hydrogen-bond donors (Lipinski definition) is 0. The van der Waals surface area contributed by atoms with Gasteiger partial charge in [0.1, 0.15) is 6.29 Å². The molecule has 0 aromatic heterocycles. The molecular formula is C7H14N2O2S. The summed E-state index contributed by atoms with van der Waals surface area (Å²) in [4.78, 5) is 10.2. The summed E-state index contributed by atoms with van der Waals surface area (Å²) >= 11 is -1.09. The molecule has 0 aromatic rings. The highest BCUT2D eigenvalue weighted by Crippen LogP contribution is 2.13. The van der Waals surface area contributed by atoms with E-state index in [1.807, 2.05) is 18.2 Å². The van der Waals surface area contributed by atoms with Crippen molar-refractivity contribution in [1.29, 1.82) is 0 Å². The third kappa shape index (κ3) is 1.91. The lowest BCUT2D eigenvalue weighted by atomic mass is 10.4. The van der Waals surface area contributed by atoms with Crippen molar-refractivity contribution in [3.05, 3.63) is 0 Å². The molecule has 0 saturated carbocycles. The molecule has 5 heteroatoms. The molecule has 1 fully saturated rings. The zero-order chi connectivity index (χ0) is 9.14. The van der Waals surface area contributed by atoms with Crippen LogP contribution in [0.3, 0.4) is 0 Å². The molecule has 0 aliphatic carbocycles. The Morgan fingerprint density at radius 1 is 1.50 bits per heavy atom. The maximum absolute atomic E-state index is 11.5. The molecule has 0 radical (unpaired) electrons. The van der Waals surface area contributed by atoms with Crippen molar-refractivity contribution in [2.45, 2.75) is 19.9 Å². The van der Waals surface area contributed by atoms with Crippen molar-refractivity contribution >= 4 is 17.5 Å². The fourth-order valence-corrected chi connectivity index (χ4v) is 2.51. The Labute approximate surface area is 75.2 Å². The second kappa shape index (κ2) is 4.11. The molecule has 1 aliphatic heterocycles. The van der Waals surface area contributed by atoms with E-state index in [2.05, 4.69) is 0 Å². The lowest BCUT2D eigenvalue weighted by Crippen LogP contribution is -2.32. The maximum Gasteiger partial charge on any atom is 0.173 e. The summed E-state index contributed by atoms with van der Waals surface area (Å²) < 4.78 is 15.1. The van der Waals surface area contributed by atoms with Crippen LogP contribution in [0.15, 0.2) is 0 Å². The maximum atomic E-state index is 11.5. The van der Waals surface area contributed by atoms with E-state index in [-0.39, 0.29) is 12.6 Å². The molecule has 1 aliphatic rings. The standard InChI is InChI=1S/C7H14N2O2S/c1-7(2)9-4-3-8(5-6-10)12(9)11/h6-7H,3-5H2,1-2H3. The first-order chi connectivity index (χ1) is 5.66. The number of carbonyl (C=O) groups is 1. The topological polar surface area (TPSA) is 40.6 Å². The normalized spacial score (nSPS) is 26.8. The third-order valence-corrected chi connectivity index (χ3v) is 3.62. The highest BCUT2D eigenvalue weighted by Gasteiger charge is 2.29. The van der Waals surface area contributed by atoms with Gasteiger partial charge in [0.05, 0.1) is 6.54 Å². The minimum atomic E-state index is -1.09. The summed E-state index contributed by atoms with van der Waals surface area (Å²) in [6.07, 6.45) is 0.793. The zero-order valence-corrected chi connectivity index (χ0v) is 8.21. The molecule has 12 heavy (non-hydrogen) atoms. The van der Waals surface area contributed by atoms with Crippen LogP contribution in [0.4, 0.5) is 0 Å². The minimum Gasteiger partial charge on any atom is -0.302 e. The van der Waals surface area contributed by atoms with E-state index in [4.69, 9.17) is 0 Å². The Hall–Kier alpha value is -0.260. The molecule has 70 valence electrons. The van der Waals surface area contributed by atoms with Crippen LogP contribution in [-0.2, 0) is 16.0 Å². The average Bonchev–Trinajstić information content (AvgIpc) is 2.34. The van der Waals surface area contributed by atoms with Crippen molar-refractivity contribution in [2.24, 2.45) is 0 Å². The van der Waals surface area contributed by atoms with Gasteiger partial charge in [-0.3, -0.25) is 0 Å². The Kier molecular flexibility index (Phi) is 3.37. The number of hydrogen-bond acceptors (Lipinski definition) is 2. The molecule has 1 heterocycles. The molecule has 0 amide bonds. The molecule has 0 N–H and O–H groups in total. The SMILES string of the molecule is CC(C)N1CCN(CC=O)S1=O. The first-order valence-corrected chi connectivity index (χ1v) is 5.10. The smallest absolute Gasteiger partial charge is 0.173 e. The van der Waals surface area contributed by atoms with Crippen LogP contribution in [0.5, 0.6) is 0 Å². The Bertz CT molecular complexity index is 196. The summed E-state index contributed by atoms with van der Waals surface area (Å²) in [7, 11) is 0. The van der Waals surface area contributed by atoms with E-state index in [1.54, 1.807) is 4.31 Å². The fraction of sp³-hybridized carbons (Fsp3) is 0.857. The van der Waals surface area contributed by atoms with Gasteiger partial charge in [0, 0.05) is 19.1 Å². The van der Waals surface area contributed by atoms with Crippen molar-refractivity contribution < 1.29 is 9.00 Å². The molecule has 0 spiro atoms.